The second-order valence-corrected chi connectivity index (χ2v) is 4.27. The van der Waals surface area contributed by atoms with Crippen LogP contribution in [-0.2, 0) is 16.0 Å². The van der Waals surface area contributed by atoms with Crippen molar-refractivity contribution in [2.24, 2.45) is 0 Å². The van der Waals surface area contributed by atoms with Crippen molar-refractivity contribution in [1.29, 1.82) is 0 Å². The summed E-state index contributed by atoms with van der Waals surface area (Å²) in [7, 11) is 0. The fraction of sp³-hybridized carbons (Fsp3) is 0.500. The van der Waals surface area contributed by atoms with Gasteiger partial charge in [0.15, 0.2) is 0 Å². The molecule has 0 spiro atoms. The van der Waals surface area contributed by atoms with Crippen LogP contribution in [0.25, 0.3) is 0 Å². The predicted octanol–water partition coefficient (Wildman–Crippen LogP) is 3.86. The van der Waals surface area contributed by atoms with Crippen LogP contribution >= 0.6 is 0 Å². The first-order valence-electron chi connectivity index (χ1n) is 6.41. The number of unbranched alkanes of at least 4 members (excludes halogenated alkanes) is 1. The Bertz CT molecular complexity index is 413. The molecule has 1 aromatic carbocycles. The molecule has 1 rings (SSSR count). The molecule has 0 amide bonds. The average molecular weight is 290 g/mol. The van der Waals surface area contributed by atoms with E-state index in [0.717, 1.165) is 18.4 Å². The first-order valence-corrected chi connectivity index (χ1v) is 6.41. The topological polar surface area (TPSA) is 35.5 Å². The summed E-state index contributed by atoms with van der Waals surface area (Å²) < 4.78 is 44.6. The highest BCUT2D eigenvalue weighted by atomic mass is 19.4. The highest BCUT2D eigenvalue weighted by molar-refractivity contribution is 5.69. The molecule has 0 radical (unpaired) electrons. The lowest BCUT2D eigenvalue weighted by molar-refractivity contribution is -0.274. The van der Waals surface area contributed by atoms with E-state index in [0.29, 0.717) is 13.0 Å². The van der Waals surface area contributed by atoms with Crippen molar-refractivity contribution in [3.63, 3.8) is 0 Å². The summed E-state index contributed by atoms with van der Waals surface area (Å²) in [6.45, 7) is 2.41. The summed E-state index contributed by atoms with van der Waals surface area (Å²) in [5, 5.41) is 0. The number of carbonyl (C=O) groups is 1. The van der Waals surface area contributed by atoms with Gasteiger partial charge < -0.3 is 9.47 Å². The molecule has 0 atom stereocenters. The van der Waals surface area contributed by atoms with E-state index in [2.05, 4.69) is 4.74 Å². The summed E-state index contributed by atoms with van der Waals surface area (Å²) in [5.74, 6) is -0.569. The van der Waals surface area contributed by atoms with E-state index in [1.165, 1.54) is 24.3 Å². The largest absolute Gasteiger partial charge is 0.573 e. The number of rotatable bonds is 7. The monoisotopic (exact) mass is 290 g/mol. The van der Waals surface area contributed by atoms with Crippen molar-refractivity contribution in [3.8, 4) is 5.75 Å². The maximum Gasteiger partial charge on any atom is 0.573 e. The van der Waals surface area contributed by atoms with E-state index in [1.54, 1.807) is 0 Å². The third-order valence-electron chi connectivity index (χ3n) is 2.54. The van der Waals surface area contributed by atoms with Gasteiger partial charge in [-0.25, -0.2) is 0 Å². The van der Waals surface area contributed by atoms with E-state index < -0.39 is 6.36 Å². The van der Waals surface area contributed by atoms with E-state index in [1.807, 2.05) is 6.92 Å². The molecule has 0 saturated heterocycles. The van der Waals surface area contributed by atoms with Crippen LogP contribution < -0.4 is 4.74 Å². The molecule has 0 heterocycles. The van der Waals surface area contributed by atoms with Crippen molar-refractivity contribution in [2.75, 3.05) is 6.61 Å². The molecule has 1 aromatic rings. The van der Waals surface area contributed by atoms with Crippen molar-refractivity contribution in [2.45, 2.75) is 39.0 Å². The first kappa shape index (κ1) is 16.3. The van der Waals surface area contributed by atoms with Crippen LogP contribution in [0.4, 0.5) is 13.2 Å². The number of esters is 1. The number of hydrogen-bond donors (Lipinski definition) is 0. The van der Waals surface area contributed by atoms with Gasteiger partial charge in [-0.3, -0.25) is 4.79 Å². The third-order valence-corrected chi connectivity index (χ3v) is 2.54. The van der Waals surface area contributed by atoms with Crippen LogP contribution in [0.2, 0.25) is 0 Å². The molecule has 112 valence electrons. The molecule has 0 saturated carbocycles. The summed E-state index contributed by atoms with van der Waals surface area (Å²) in [4.78, 5) is 11.4. The van der Waals surface area contributed by atoms with Gasteiger partial charge in [-0.05, 0) is 30.5 Å². The summed E-state index contributed by atoms with van der Waals surface area (Å²) in [6.07, 6.45) is -2.27. The van der Waals surface area contributed by atoms with Gasteiger partial charge in [0.1, 0.15) is 5.75 Å². The lowest BCUT2D eigenvalue weighted by Gasteiger charge is -2.09. The normalized spacial score (nSPS) is 11.2. The standard InChI is InChI=1S/C14H17F3O3/c1-2-3-10-19-13(18)9-6-11-4-7-12(8-5-11)20-14(15,16)17/h4-5,7-8H,2-3,6,9-10H2,1H3. The number of alkyl halides is 3. The lowest BCUT2D eigenvalue weighted by atomic mass is 10.1. The third kappa shape index (κ3) is 7.01. The van der Waals surface area contributed by atoms with Gasteiger partial charge in [-0.2, -0.15) is 0 Å². The van der Waals surface area contributed by atoms with Crippen LogP contribution in [0.1, 0.15) is 31.7 Å². The Hall–Kier alpha value is -1.72. The van der Waals surface area contributed by atoms with Gasteiger partial charge in [0, 0.05) is 6.42 Å². The van der Waals surface area contributed by atoms with Gasteiger partial charge in [0.25, 0.3) is 0 Å². The van der Waals surface area contributed by atoms with Gasteiger partial charge in [0.2, 0.25) is 0 Å². The molecule has 0 N–H and O–H groups in total. The number of hydrogen-bond acceptors (Lipinski definition) is 3. The zero-order valence-electron chi connectivity index (χ0n) is 11.2. The zero-order valence-corrected chi connectivity index (χ0v) is 11.2. The van der Waals surface area contributed by atoms with Gasteiger partial charge in [-0.1, -0.05) is 25.5 Å². The Kier molecular flexibility index (Phi) is 6.35. The van der Waals surface area contributed by atoms with Crippen LogP contribution in [0.15, 0.2) is 24.3 Å². The number of ether oxygens (including phenoxy) is 2. The highest BCUT2D eigenvalue weighted by Crippen LogP contribution is 2.23. The zero-order chi connectivity index (χ0) is 15.0. The van der Waals surface area contributed by atoms with E-state index in [4.69, 9.17) is 4.74 Å². The van der Waals surface area contributed by atoms with Gasteiger partial charge in [-0.15, -0.1) is 13.2 Å². The second-order valence-electron chi connectivity index (χ2n) is 4.27. The highest BCUT2D eigenvalue weighted by Gasteiger charge is 2.30. The number of benzene rings is 1. The van der Waals surface area contributed by atoms with Crippen molar-refractivity contribution < 1.29 is 27.4 Å². The maximum atomic E-state index is 12.0. The SMILES string of the molecule is CCCCOC(=O)CCc1ccc(OC(F)(F)F)cc1. The Labute approximate surface area is 115 Å². The molecule has 6 heteroatoms. The van der Waals surface area contributed by atoms with Crippen molar-refractivity contribution in [1.82, 2.24) is 0 Å². The molecular formula is C14H17F3O3. The number of aryl methyl sites for hydroxylation is 1. The molecule has 0 aliphatic heterocycles. The second kappa shape index (κ2) is 7.77. The number of halogens is 3. The molecule has 0 fully saturated rings. The molecule has 0 aliphatic rings. The Morgan fingerprint density at radius 1 is 1.20 bits per heavy atom. The molecule has 3 nitrogen and oxygen atoms in total. The molecule has 0 aromatic heterocycles. The minimum Gasteiger partial charge on any atom is -0.466 e. The molecular weight excluding hydrogens is 273 g/mol. The summed E-state index contributed by atoms with van der Waals surface area (Å²) >= 11 is 0. The van der Waals surface area contributed by atoms with Gasteiger partial charge in [0.05, 0.1) is 6.61 Å². The maximum absolute atomic E-state index is 12.0. The molecule has 0 aliphatic carbocycles. The van der Waals surface area contributed by atoms with Crippen LogP contribution in [0.5, 0.6) is 5.75 Å². The fourth-order valence-corrected chi connectivity index (χ4v) is 1.51. The molecule has 20 heavy (non-hydrogen) atoms. The van der Waals surface area contributed by atoms with Crippen LogP contribution in [0.3, 0.4) is 0 Å². The van der Waals surface area contributed by atoms with Crippen molar-refractivity contribution >= 4 is 5.97 Å². The van der Waals surface area contributed by atoms with Crippen LogP contribution in [0, 0.1) is 0 Å². The summed E-state index contributed by atoms with van der Waals surface area (Å²) in [5.41, 5.74) is 0.756. The van der Waals surface area contributed by atoms with Gasteiger partial charge >= 0.3 is 12.3 Å². The molecule has 0 unspecified atom stereocenters. The van der Waals surface area contributed by atoms with E-state index in [9.17, 15) is 18.0 Å². The van der Waals surface area contributed by atoms with E-state index in [-0.39, 0.29) is 18.1 Å². The Morgan fingerprint density at radius 2 is 1.85 bits per heavy atom. The first-order chi connectivity index (χ1) is 9.40. The Balaban J connectivity index is 2.36. The smallest absolute Gasteiger partial charge is 0.466 e. The minimum atomic E-state index is -4.69. The fourth-order valence-electron chi connectivity index (χ4n) is 1.51. The van der Waals surface area contributed by atoms with E-state index >= 15 is 0 Å². The summed E-state index contributed by atoms with van der Waals surface area (Å²) in [6, 6.07) is 5.46. The molecule has 0 bridgehead atoms. The predicted molar refractivity (Wildman–Crippen MR) is 67.3 cm³/mol. The number of carbonyl (C=O) groups excluding carboxylic acids is 1. The van der Waals surface area contributed by atoms with Crippen LogP contribution in [-0.4, -0.2) is 18.9 Å². The van der Waals surface area contributed by atoms with Crippen molar-refractivity contribution in [3.05, 3.63) is 29.8 Å². The Morgan fingerprint density at radius 3 is 2.40 bits per heavy atom. The minimum absolute atomic E-state index is 0.211. The quantitative estimate of drug-likeness (QED) is 0.565. The average Bonchev–Trinajstić information content (AvgIpc) is 2.36. The lowest BCUT2D eigenvalue weighted by Crippen LogP contribution is -2.17.